The molecule has 2 rings (SSSR count). The molecule has 0 aliphatic carbocycles. The molecule has 2 aromatic rings. The third-order valence-electron chi connectivity index (χ3n) is 2.41. The summed E-state index contributed by atoms with van der Waals surface area (Å²) in [5.41, 5.74) is 9.27. The Morgan fingerprint density at radius 2 is 1.71 bits per heavy atom. The van der Waals surface area contributed by atoms with Crippen LogP contribution in [0.5, 0.6) is 0 Å². The van der Waals surface area contributed by atoms with Crippen molar-refractivity contribution in [2.75, 3.05) is 5.73 Å². The summed E-state index contributed by atoms with van der Waals surface area (Å²) in [7, 11) is 0. The molecule has 0 fully saturated rings. The Kier molecular flexibility index (Phi) is 3.37. The lowest BCUT2D eigenvalue weighted by Crippen LogP contribution is -1.84. The fraction of sp³-hybridized carbons (Fsp3) is 0.0667. The number of halogens is 1. The minimum absolute atomic E-state index is 0.721. The van der Waals surface area contributed by atoms with Crippen LogP contribution < -0.4 is 5.73 Å². The SMILES string of the molecule is Cc1ccc(C#Cc2cccc(N)c2)cc1Cl. The van der Waals surface area contributed by atoms with Crippen molar-refractivity contribution in [3.05, 3.63) is 64.2 Å². The van der Waals surface area contributed by atoms with Gasteiger partial charge in [-0.05, 0) is 42.8 Å². The third kappa shape index (κ3) is 3.03. The van der Waals surface area contributed by atoms with Crippen molar-refractivity contribution in [1.82, 2.24) is 0 Å². The lowest BCUT2D eigenvalue weighted by Gasteiger charge is -1.97. The zero-order chi connectivity index (χ0) is 12.3. The van der Waals surface area contributed by atoms with Crippen molar-refractivity contribution in [3.63, 3.8) is 0 Å². The molecule has 2 N–H and O–H groups in total. The fourth-order valence-electron chi connectivity index (χ4n) is 1.43. The van der Waals surface area contributed by atoms with Gasteiger partial charge >= 0.3 is 0 Å². The van der Waals surface area contributed by atoms with Crippen LogP contribution in [0.2, 0.25) is 5.02 Å². The number of benzene rings is 2. The van der Waals surface area contributed by atoms with Crippen molar-refractivity contribution >= 4 is 17.3 Å². The Morgan fingerprint density at radius 3 is 2.35 bits per heavy atom. The molecule has 0 aliphatic rings. The molecule has 2 heteroatoms. The van der Waals surface area contributed by atoms with Gasteiger partial charge in [0.1, 0.15) is 0 Å². The maximum absolute atomic E-state index is 6.03. The van der Waals surface area contributed by atoms with E-state index in [1.54, 1.807) is 0 Å². The predicted octanol–water partition coefficient (Wildman–Crippen LogP) is 3.63. The van der Waals surface area contributed by atoms with E-state index in [4.69, 9.17) is 17.3 Å². The summed E-state index contributed by atoms with van der Waals surface area (Å²) in [5.74, 6) is 6.13. The van der Waals surface area contributed by atoms with Crippen LogP contribution in [0.3, 0.4) is 0 Å². The molecule has 0 saturated heterocycles. The van der Waals surface area contributed by atoms with Gasteiger partial charge in [0.25, 0.3) is 0 Å². The van der Waals surface area contributed by atoms with Crippen molar-refractivity contribution < 1.29 is 0 Å². The Hall–Kier alpha value is -1.91. The third-order valence-corrected chi connectivity index (χ3v) is 2.82. The summed E-state index contributed by atoms with van der Waals surface area (Å²) in [6, 6.07) is 13.3. The van der Waals surface area contributed by atoms with Crippen LogP contribution in [0.15, 0.2) is 42.5 Å². The second-order valence-electron chi connectivity index (χ2n) is 3.84. The first-order valence-electron chi connectivity index (χ1n) is 5.29. The highest BCUT2D eigenvalue weighted by Gasteiger charge is 1.94. The molecular weight excluding hydrogens is 230 g/mol. The van der Waals surface area contributed by atoms with Crippen molar-refractivity contribution in [1.29, 1.82) is 0 Å². The number of aryl methyl sites for hydroxylation is 1. The van der Waals surface area contributed by atoms with Gasteiger partial charge < -0.3 is 5.73 Å². The zero-order valence-corrected chi connectivity index (χ0v) is 10.3. The monoisotopic (exact) mass is 241 g/mol. The van der Waals surface area contributed by atoms with Crippen LogP contribution in [-0.4, -0.2) is 0 Å². The van der Waals surface area contributed by atoms with E-state index in [9.17, 15) is 0 Å². The molecule has 0 aliphatic heterocycles. The fourth-order valence-corrected chi connectivity index (χ4v) is 1.61. The van der Waals surface area contributed by atoms with E-state index in [-0.39, 0.29) is 0 Å². The van der Waals surface area contributed by atoms with Crippen LogP contribution in [0.25, 0.3) is 0 Å². The summed E-state index contributed by atoms with van der Waals surface area (Å²) in [4.78, 5) is 0. The molecule has 17 heavy (non-hydrogen) atoms. The second kappa shape index (κ2) is 4.95. The number of rotatable bonds is 0. The molecule has 0 spiro atoms. The van der Waals surface area contributed by atoms with Crippen molar-refractivity contribution in [2.24, 2.45) is 0 Å². The summed E-state index contributed by atoms with van der Waals surface area (Å²) < 4.78 is 0. The van der Waals surface area contributed by atoms with E-state index in [1.807, 2.05) is 49.4 Å². The number of anilines is 1. The molecule has 2 aromatic carbocycles. The van der Waals surface area contributed by atoms with Crippen LogP contribution in [0.1, 0.15) is 16.7 Å². The lowest BCUT2D eigenvalue weighted by atomic mass is 10.1. The van der Waals surface area contributed by atoms with Crippen LogP contribution in [0.4, 0.5) is 5.69 Å². The van der Waals surface area contributed by atoms with E-state index >= 15 is 0 Å². The van der Waals surface area contributed by atoms with Gasteiger partial charge in [-0.1, -0.05) is 35.6 Å². The largest absolute Gasteiger partial charge is 0.399 e. The second-order valence-corrected chi connectivity index (χ2v) is 4.25. The first-order valence-corrected chi connectivity index (χ1v) is 5.67. The van der Waals surface area contributed by atoms with Crippen molar-refractivity contribution in [3.8, 4) is 11.8 Å². The number of hydrogen-bond donors (Lipinski definition) is 1. The molecular formula is C15H12ClN. The summed E-state index contributed by atoms with van der Waals surface area (Å²) in [5, 5.41) is 0.740. The molecule has 0 aromatic heterocycles. The number of nitrogens with two attached hydrogens (primary N) is 1. The number of nitrogen functional groups attached to an aromatic ring is 1. The van der Waals surface area contributed by atoms with E-state index in [2.05, 4.69) is 11.8 Å². The molecule has 0 saturated carbocycles. The topological polar surface area (TPSA) is 26.0 Å². The maximum atomic E-state index is 6.03. The average Bonchev–Trinajstić information content (AvgIpc) is 2.31. The van der Waals surface area contributed by atoms with Gasteiger partial charge in [-0.25, -0.2) is 0 Å². The van der Waals surface area contributed by atoms with Gasteiger partial charge in [0.2, 0.25) is 0 Å². The standard InChI is InChI=1S/C15H12ClN/c1-11-5-6-13(10-15(11)16)8-7-12-3-2-4-14(17)9-12/h2-6,9-10H,17H2,1H3. The molecule has 0 bridgehead atoms. The molecule has 0 amide bonds. The molecule has 0 atom stereocenters. The molecule has 0 unspecified atom stereocenters. The number of hydrogen-bond acceptors (Lipinski definition) is 1. The first-order chi connectivity index (χ1) is 8.15. The Morgan fingerprint density at radius 1 is 1.00 bits per heavy atom. The van der Waals surface area contributed by atoms with Crippen LogP contribution in [0, 0.1) is 18.8 Å². The average molecular weight is 242 g/mol. The first kappa shape index (κ1) is 11.6. The van der Waals surface area contributed by atoms with Crippen LogP contribution in [-0.2, 0) is 0 Å². The predicted molar refractivity (Wildman–Crippen MR) is 73.0 cm³/mol. The highest BCUT2D eigenvalue weighted by atomic mass is 35.5. The minimum Gasteiger partial charge on any atom is -0.399 e. The van der Waals surface area contributed by atoms with E-state index in [0.29, 0.717) is 0 Å². The van der Waals surface area contributed by atoms with E-state index < -0.39 is 0 Å². The smallest absolute Gasteiger partial charge is 0.0447 e. The maximum Gasteiger partial charge on any atom is 0.0447 e. The van der Waals surface area contributed by atoms with Gasteiger partial charge in [0.15, 0.2) is 0 Å². The minimum atomic E-state index is 0.721. The van der Waals surface area contributed by atoms with Gasteiger partial charge in [0, 0.05) is 21.8 Å². The Balaban J connectivity index is 2.30. The quantitative estimate of drug-likeness (QED) is 0.553. The van der Waals surface area contributed by atoms with E-state index in [1.165, 1.54) is 0 Å². The summed E-state index contributed by atoms with van der Waals surface area (Å²) >= 11 is 6.03. The molecule has 1 nitrogen and oxygen atoms in total. The summed E-state index contributed by atoms with van der Waals surface area (Å²) in [6.45, 7) is 1.97. The van der Waals surface area contributed by atoms with Gasteiger partial charge in [0.05, 0.1) is 0 Å². The van der Waals surface area contributed by atoms with Crippen molar-refractivity contribution in [2.45, 2.75) is 6.92 Å². The van der Waals surface area contributed by atoms with Gasteiger partial charge in [-0.3, -0.25) is 0 Å². The molecule has 0 heterocycles. The molecule has 84 valence electrons. The lowest BCUT2D eigenvalue weighted by molar-refractivity contribution is 1.46. The highest BCUT2D eigenvalue weighted by Crippen LogP contribution is 2.16. The normalized spacial score (nSPS) is 9.53. The zero-order valence-electron chi connectivity index (χ0n) is 9.50. The molecule has 0 radical (unpaired) electrons. The van der Waals surface area contributed by atoms with E-state index in [0.717, 1.165) is 27.4 Å². The van der Waals surface area contributed by atoms with Gasteiger partial charge in [-0.15, -0.1) is 0 Å². The van der Waals surface area contributed by atoms with Crippen LogP contribution >= 0.6 is 11.6 Å². The van der Waals surface area contributed by atoms with Gasteiger partial charge in [-0.2, -0.15) is 0 Å². The Labute approximate surface area is 106 Å². The summed E-state index contributed by atoms with van der Waals surface area (Å²) in [6.07, 6.45) is 0. The Bertz CT molecular complexity index is 606. The highest BCUT2D eigenvalue weighted by molar-refractivity contribution is 6.31.